The van der Waals surface area contributed by atoms with E-state index < -0.39 is 0 Å². The third kappa shape index (κ3) is 8.58. The highest BCUT2D eigenvalue weighted by molar-refractivity contribution is 6.52. The Kier molecular flexibility index (Phi) is 7.13. The minimum atomic E-state index is 0.520. The molecule has 0 saturated carbocycles. The van der Waals surface area contributed by atoms with E-state index in [4.69, 9.17) is 23.2 Å². The zero-order valence-corrected chi connectivity index (χ0v) is 7.30. The Morgan fingerprint density at radius 2 is 1.78 bits per heavy atom. The van der Waals surface area contributed by atoms with Gasteiger partial charge < -0.3 is 0 Å². The van der Waals surface area contributed by atoms with Crippen molar-refractivity contribution in [2.45, 2.75) is 39.0 Å². The highest BCUT2D eigenvalue weighted by Gasteiger charge is 1.97. The van der Waals surface area contributed by atoms with Crippen molar-refractivity contribution in [3.05, 3.63) is 4.84 Å². The lowest BCUT2D eigenvalue weighted by Crippen LogP contribution is -1.78. The summed E-state index contributed by atoms with van der Waals surface area (Å²) < 4.78 is 0. The monoisotopic (exact) mass is 167 g/mol. The molecule has 0 bridgehead atoms. The summed E-state index contributed by atoms with van der Waals surface area (Å²) in [5.41, 5.74) is 0. The molecule has 0 aliphatic carbocycles. The van der Waals surface area contributed by atoms with Gasteiger partial charge in [0.15, 0.2) is 4.84 Å². The van der Waals surface area contributed by atoms with Crippen LogP contribution in [-0.2, 0) is 0 Å². The van der Waals surface area contributed by atoms with Gasteiger partial charge in [-0.05, 0) is 6.42 Å². The van der Waals surface area contributed by atoms with Gasteiger partial charge in [-0.3, -0.25) is 0 Å². The maximum absolute atomic E-state index is 5.44. The number of hydrogen-bond donors (Lipinski definition) is 0. The second-order valence-electron chi connectivity index (χ2n) is 2.15. The lowest BCUT2D eigenvalue weighted by atomic mass is 10.2. The Labute approximate surface area is 67.5 Å². The van der Waals surface area contributed by atoms with Gasteiger partial charge in [0.25, 0.3) is 0 Å². The van der Waals surface area contributed by atoms with E-state index in [0.717, 1.165) is 12.8 Å². The van der Waals surface area contributed by atoms with Crippen molar-refractivity contribution in [3.8, 4) is 0 Å². The summed E-state index contributed by atoms with van der Waals surface area (Å²) in [5, 5.41) is 0. The molecular formula is C7H13Cl2. The van der Waals surface area contributed by atoms with Crippen LogP contribution in [0.4, 0.5) is 0 Å². The van der Waals surface area contributed by atoms with E-state index in [1.54, 1.807) is 0 Å². The molecule has 0 unspecified atom stereocenters. The van der Waals surface area contributed by atoms with Crippen molar-refractivity contribution in [3.63, 3.8) is 0 Å². The van der Waals surface area contributed by atoms with Crippen molar-refractivity contribution in [2.24, 2.45) is 0 Å². The van der Waals surface area contributed by atoms with Crippen LogP contribution in [0.1, 0.15) is 39.0 Å². The minimum absolute atomic E-state index is 0.520. The fourth-order valence-electron chi connectivity index (χ4n) is 0.685. The van der Waals surface area contributed by atoms with Gasteiger partial charge >= 0.3 is 0 Å². The fraction of sp³-hybridized carbons (Fsp3) is 0.857. The largest absolute Gasteiger partial charge is 0.151 e. The lowest BCUT2D eigenvalue weighted by Gasteiger charge is -1.97. The van der Waals surface area contributed by atoms with Crippen LogP contribution in [0.3, 0.4) is 0 Å². The first-order valence-electron chi connectivity index (χ1n) is 3.44. The molecule has 0 amide bonds. The van der Waals surface area contributed by atoms with Crippen LogP contribution in [0.25, 0.3) is 0 Å². The van der Waals surface area contributed by atoms with Crippen LogP contribution in [0, 0.1) is 4.84 Å². The highest BCUT2D eigenvalue weighted by Crippen LogP contribution is 2.20. The first kappa shape index (κ1) is 9.58. The van der Waals surface area contributed by atoms with Gasteiger partial charge in [0.05, 0.1) is 0 Å². The average molecular weight is 168 g/mol. The van der Waals surface area contributed by atoms with Gasteiger partial charge in [0, 0.05) is 0 Å². The maximum Gasteiger partial charge on any atom is 0.151 e. The molecule has 0 aliphatic rings. The second kappa shape index (κ2) is 6.70. The Morgan fingerprint density at radius 3 is 2.22 bits per heavy atom. The molecule has 0 aromatic carbocycles. The van der Waals surface area contributed by atoms with Crippen LogP contribution in [-0.4, -0.2) is 0 Å². The van der Waals surface area contributed by atoms with Crippen LogP contribution in [0.2, 0.25) is 0 Å². The average Bonchev–Trinajstić information content (AvgIpc) is 1.80. The highest BCUT2D eigenvalue weighted by atomic mass is 35.5. The molecule has 0 spiro atoms. The van der Waals surface area contributed by atoms with E-state index in [0.29, 0.717) is 4.84 Å². The molecule has 1 radical (unpaired) electrons. The molecule has 0 nitrogen and oxygen atoms in total. The van der Waals surface area contributed by atoms with Crippen molar-refractivity contribution in [2.75, 3.05) is 0 Å². The van der Waals surface area contributed by atoms with Gasteiger partial charge in [-0.25, -0.2) is 0 Å². The first-order chi connectivity index (χ1) is 4.27. The summed E-state index contributed by atoms with van der Waals surface area (Å²) in [6.07, 6.45) is 5.81. The predicted octanol–water partition coefficient (Wildman–Crippen LogP) is 3.92. The zero-order chi connectivity index (χ0) is 7.11. The van der Waals surface area contributed by atoms with Gasteiger partial charge in [0.2, 0.25) is 0 Å². The summed E-state index contributed by atoms with van der Waals surface area (Å²) in [7, 11) is 0. The van der Waals surface area contributed by atoms with Crippen molar-refractivity contribution >= 4 is 23.2 Å². The number of halogens is 2. The first-order valence-corrected chi connectivity index (χ1v) is 4.19. The molecule has 0 aliphatic heterocycles. The van der Waals surface area contributed by atoms with Crippen molar-refractivity contribution < 1.29 is 0 Å². The molecule has 0 fully saturated rings. The molecule has 0 aromatic rings. The standard InChI is InChI=1S/C7H13Cl2/c1-2-3-4-5-6-7(8)9/h2-6H2,1H3. The zero-order valence-electron chi connectivity index (χ0n) is 5.79. The SMILES string of the molecule is CCCCCC[C](Cl)Cl. The Bertz CT molecular complexity index is 52.9. The predicted molar refractivity (Wildman–Crippen MR) is 43.7 cm³/mol. The van der Waals surface area contributed by atoms with E-state index in [2.05, 4.69) is 6.92 Å². The third-order valence-electron chi connectivity index (χ3n) is 1.22. The lowest BCUT2D eigenvalue weighted by molar-refractivity contribution is 0.666. The molecule has 0 atom stereocenters. The van der Waals surface area contributed by atoms with Crippen LogP contribution in [0.5, 0.6) is 0 Å². The van der Waals surface area contributed by atoms with Crippen LogP contribution >= 0.6 is 23.2 Å². The normalized spacial score (nSPS) is 10.7. The van der Waals surface area contributed by atoms with Gasteiger partial charge in [-0.15, -0.1) is 0 Å². The number of rotatable bonds is 5. The molecule has 0 saturated heterocycles. The molecular weight excluding hydrogens is 155 g/mol. The Morgan fingerprint density at radius 1 is 1.11 bits per heavy atom. The quantitative estimate of drug-likeness (QED) is 0.545. The maximum atomic E-state index is 5.44. The topological polar surface area (TPSA) is 0 Å². The van der Waals surface area contributed by atoms with Crippen LogP contribution in [0.15, 0.2) is 0 Å². The second-order valence-corrected chi connectivity index (χ2v) is 3.26. The fourth-order valence-corrected chi connectivity index (χ4v) is 0.953. The molecule has 2 heteroatoms. The van der Waals surface area contributed by atoms with E-state index in [-0.39, 0.29) is 0 Å². The van der Waals surface area contributed by atoms with Gasteiger partial charge in [-0.2, -0.15) is 0 Å². The Hall–Kier alpha value is 0.580. The summed E-state index contributed by atoms with van der Waals surface area (Å²) >= 11 is 10.9. The molecule has 0 rings (SSSR count). The van der Waals surface area contributed by atoms with E-state index in [1.165, 1.54) is 19.3 Å². The third-order valence-corrected chi connectivity index (χ3v) is 1.60. The molecule has 0 N–H and O–H groups in total. The molecule has 9 heavy (non-hydrogen) atoms. The summed E-state index contributed by atoms with van der Waals surface area (Å²) in [6.45, 7) is 2.19. The van der Waals surface area contributed by atoms with Crippen molar-refractivity contribution in [1.29, 1.82) is 0 Å². The number of hydrogen-bond acceptors (Lipinski definition) is 0. The van der Waals surface area contributed by atoms with Gasteiger partial charge in [-0.1, -0.05) is 55.8 Å². The van der Waals surface area contributed by atoms with E-state index >= 15 is 0 Å². The molecule has 55 valence electrons. The van der Waals surface area contributed by atoms with E-state index in [1.807, 2.05) is 0 Å². The molecule has 0 heterocycles. The van der Waals surface area contributed by atoms with Crippen molar-refractivity contribution in [1.82, 2.24) is 0 Å². The summed E-state index contributed by atoms with van der Waals surface area (Å²) in [5.74, 6) is 0. The molecule has 0 aromatic heterocycles. The Balaban J connectivity index is 2.75. The summed E-state index contributed by atoms with van der Waals surface area (Å²) in [4.78, 5) is 0.520. The minimum Gasteiger partial charge on any atom is -0.0983 e. The smallest absolute Gasteiger partial charge is 0.0983 e. The van der Waals surface area contributed by atoms with E-state index in [9.17, 15) is 0 Å². The summed E-state index contributed by atoms with van der Waals surface area (Å²) in [6, 6.07) is 0. The number of unbranched alkanes of at least 4 members (excludes halogenated alkanes) is 3. The van der Waals surface area contributed by atoms with Crippen LogP contribution < -0.4 is 0 Å². The van der Waals surface area contributed by atoms with Gasteiger partial charge in [0.1, 0.15) is 0 Å².